The van der Waals surface area contributed by atoms with E-state index in [1.807, 2.05) is 54.9 Å². The monoisotopic (exact) mass is 882 g/mol. The molecular weight excluding hydrogens is 849 g/mol. The van der Waals surface area contributed by atoms with Gasteiger partial charge in [-0.2, -0.15) is 5.26 Å². The number of benzene rings is 8. The van der Waals surface area contributed by atoms with Crippen LogP contribution in [-0.2, 0) is 11.8 Å². The highest BCUT2D eigenvalue weighted by atomic mass is 16.5. The lowest BCUT2D eigenvalue weighted by molar-refractivity contribution is 0.436. The molecule has 1 unspecified atom stereocenters. The van der Waals surface area contributed by atoms with Crippen molar-refractivity contribution in [2.24, 2.45) is 0 Å². The largest absolute Gasteiger partial charge is 0.457 e. The Bertz CT molecular complexity index is 4250. The lowest BCUT2D eigenvalue weighted by atomic mass is 9.66. The van der Waals surface area contributed by atoms with Crippen LogP contribution in [-0.4, -0.2) is 19.1 Å². The van der Waals surface area contributed by atoms with Crippen molar-refractivity contribution in [3.63, 3.8) is 0 Å². The number of nitriles is 1. The minimum Gasteiger partial charge on any atom is -0.457 e. The third kappa shape index (κ3) is 4.80. The van der Waals surface area contributed by atoms with Crippen molar-refractivity contribution < 1.29 is 9.47 Å². The Balaban J connectivity index is 1.02. The van der Waals surface area contributed by atoms with Gasteiger partial charge in [0.05, 0.1) is 85.6 Å². The molecule has 6 heterocycles. The van der Waals surface area contributed by atoms with Gasteiger partial charge in [0.2, 0.25) is 0 Å². The molecule has 16 rings (SSSR count). The lowest BCUT2D eigenvalue weighted by Gasteiger charge is -2.40. The molecule has 4 aliphatic rings. The quantitative estimate of drug-likeness (QED) is 0.176. The topological polar surface area (TPSA) is 81.1 Å². The van der Waals surface area contributed by atoms with E-state index in [-0.39, 0.29) is 0 Å². The fourth-order valence-corrected chi connectivity index (χ4v) is 11.9. The summed E-state index contributed by atoms with van der Waals surface area (Å²) in [5.74, 6) is 3.07. The number of rotatable bonds is 3. The van der Waals surface area contributed by atoms with Crippen molar-refractivity contribution in [2.45, 2.75) is 11.8 Å². The fourth-order valence-electron chi connectivity index (χ4n) is 11.9. The number of anilines is 3. The first kappa shape index (κ1) is 36.7. The zero-order chi connectivity index (χ0) is 45.1. The van der Waals surface area contributed by atoms with Crippen LogP contribution in [0.15, 0.2) is 194 Å². The molecule has 320 valence electrons. The van der Waals surface area contributed by atoms with Gasteiger partial charge in [0, 0.05) is 49.5 Å². The summed E-state index contributed by atoms with van der Waals surface area (Å²) in [5.41, 5.74) is 17.1. The normalized spacial score (nSPS) is 15.4. The van der Waals surface area contributed by atoms with Crippen molar-refractivity contribution in [2.75, 3.05) is 4.90 Å². The van der Waals surface area contributed by atoms with Gasteiger partial charge in [-0.3, -0.25) is 9.97 Å². The summed E-state index contributed by atoms with van der Waals surface area (Å²) < 4.78 is 18.3. The van der Waals surface area contributed by atoms with E-state index in [0.29, 0.717) is 5.56 Å². The van der Waals surface area contributed by atoms with Crippen LogP contribution in [0, 0.1) is 11.3 Å². The van der Waals surface area contributed by atoms with E-state index in [0.717, 1.165) is 124 Å². The maximum absolute atomic E-state index is 10.0. The number of pyridine rings is 2. The molecule has 2 aliphatic carbocycles. The molecule has 8 heteroatoms. The minimum atomic E-state index is -0.958. The average molecular weight is 883 g/mol. The minimum absolute atomic E-state index is 0.639. The van der Waals surface area contributed by atoms with E-state index < -0.39 is 5.41 Å². The van der Waals surface area contributed by atoms with Gasteiger partial charge in [-0.15, -0.1) is 0 Å². The molecule has 12 aromatic rings. The maximum atomic E-state index is 10.0. The predicted molar refractivity (Wildman–Crippen MR) is 270 cm³/mol. The second kappa shape index (κ2) is 13.1. The molecule has 2 aliphatic heterocycles. The molecule has 69 heavy (non-hydrogen) atoms. The first-order valence-corrected chi connectivity index (χ1v) is 23.2. The Morgan fingerprint density at radius 3 is 1.72 bits per heavy atom. The first-order chi connectivity index (χ1) is 34.1. The molecule has 4 aromatic heterocycles. The zero-order valence-electron chi connectivity index (χ0n) is 36.7. The highest BCUT2D eigenvalue weighted by Crippen LogP contribution is 2.63. The summed E-state index contributed by atoms with van der Waals surface area (Å²) in [6.07, 6.45) is 4.97. The summed E-state index contributed by atoms with van der Waals surface area (Å²) in [6.45, 7) is 0. The number of fused-ring (bicyclic) bond motifs is 18. The van der Waals surface area contributed by atoms with Gasteiger partial charge in [0.1, 0.15) is 11.5 Å². The number of aromatic nitrogens is 4. The Morgan fingerprint density at radius 2 is 0.986 bits per heavy atom. The number of hydrogen-bond donors (Lipinski definition) is 0. The summed E-state index contributed by atoms with van der Waals surface area (Å²) in [4.78, 5) is 13.2. The van der Waals surface area contributed by atoms with Gasteiger partial charge in [0.25, 0.3) is 0 Å². The van der Waals surface area contributed by atoms with Gasteiger partial charge >= 0.3 is 0 Å². The summed E-state index contributed by atoms with van der Waals surface area (Å²) in [5, 5.41) is 14.6. The molecule has 0 amide bonds. The molecular formula is C61H34N6O2. The van der Waals surface area contributed by atoms with Crippen LogP contribution in [0.3, 0.4) is 0 Å². The Labute approximate surface area is 394 Å². The van der Waals surface area contributed by atoms with Crippen LogP contribution in [0.1, 0.15) is 38.9 Å². The maximum Gasteiger partial charge on any atom is 0.151 e. The fraction of sp³-hybridized carbons (Fsp3) is 0.0328. The molecule has 8 nitrogen and oxygen atoms in total. The number of hydrogen-bond acceptors (Lipinski definition) is 6. The van der Waals surface area contributed by atoms with E-state index in [1.54, 1.807) is 0 Å². The third-order valence-corrected chi connectivity index (χ3v) is 14.9. The van der Waals surface area contributed by atoms with Crippen LogP contribution in [0.2, 0.25) is 0 Å². The molecule has 0 radical (unpaired) electrons. The standard InChI is InChI=1S/C61H34N6O2/c62-32-35-21-23-51-43(25-35)44-27-36-26-37(36)28-54(44)65(51)38-22-24-56-46(29-38)61(45-13-3-8-18-55(45)68-56)47-30-39(66-49-14-4-1-11-41(49)42-12-2-5-15-50(42)66)33-63-59(47)60-48(61)31-40(34-64-60)67-52-16-6-9-19-57(52)69-58-20-10-7-17-53(58)67/h1-25,27-31,33-34H,26H2. The molecule has 8 aromatic carbocycles. The van der Waals surface area contributed by atoms with Crippen molar-refractivity contribution in [1.82, 2.24) is 19.1 Å². The van der Waals surface area contributed by atoms with Crippen LogP contribution < -0.4 is 14.4 Å². The van der Waals surface area contributed by atoms with Crippen LogP contribution in [0.5, 0.6) is 23.0 Å². The number of nitrogens with zero attached hydrogens (tertiary/aromatic N) is 6. The number of ether oxygens (including phenoxy) is 2. The lowest BCUT2D eigenvalue weighted by Crippen LogP contribution is -2.33. The van der Waals surface area contributed by atoms with Crippen molar-refractivity contribution in [3.8, 4) is 51.8 Å². The molecule has 0 N–H and O–H groups in total. The Kier molecular flexibility index (Phi) is 6.99. The highest BCUT2D eigenvalue weighted by molar-refractivity contribution is 6.11. The van der Waals surface area contributed by atoms with Gasteiger partial charge in [0.15, 0.2) is 11.5 Å². The van der Waals surface area contributed by atoms with Crippen molar-refractivity contribution in [3.05, 3.63) is 233 Å². The van der Waals surface area contributed by atoms with Crippen LogP contribution in [0.25, 0.3) is 66.4 Å². The van der Waals surface area contributed by atoms with Gasteiger partial charge < -0.3 is 23.5 Å². The van der Waals surface area contributed by atoms with Crippen LogP contribution >= 0.6 is 0 Å². The van der Waals surface area contributed by atoms with E-state index in [4.69, 9.17) is 19.4 Å². The second-order valence-electron chi connectivity index (χ2n) is 18.4. The van der Waals surface area contributed by atoms with E-state index in [9.17, 15) is 5.26 Å². The molecule has 0 bridgehead atoms. The summed E-state index contributed by atoms with van der Waals surface area (Å²) in [6, 6.07) is 66.4. The number of para-hydroxylation sites is 7. The van der Waals surface area contributed by atoms with E-state index >= 15 is 0 Å². The van der Waals surface area contributed by atoms with Gasteiger partial charge in [-0.1, -0.05) is 78.9 Å². The molecule has 0 fully saturated rings. The van der Waals surface area contributed by atoms with Crippen LogP contribution in [0.4, 0.5) is 17.1 Å². The average Bonchev–Trinajstić information content (AvgIpc) is 3.89. The third-order valence-electron chi connectivity index (χ3n) is 14.9. The molecule has 1 atom stereocenters. The summed E-state index contributed by atoms with van der Waals surface area (Å²) in [7, 11) is 0. The molecule has 0 saturated heterocycles. The second-order valence-corrected chi connectivity index (χ2v) is 18.4. The highest BCUT2D eigenvalue weighted by Gasteiger charge is 2.53. The van der Waals surface area contributed by atoms with Crippen molar-refractivity contribution in [1.29, 1.82) is 5.26 Å². The van der Waals surface area contributed by atoms with E-state index in [2.05, 4.69) is 160 Å². The van der Waals surface area contributed by atoms with Gasteiger partial charge in [-0.05, 0) is 121 Å². The first-order valence-electron chi connectivity index (χ1n) is 23.2. The SMILES string of the molecule is N#Cc1ccc2c(c1)c1cc3c(cc1n2-c1ccc2c(c1)C1(c4ccccc4O2)c2cc(N4c5ccccc5Oc5ccccc54)cnc2-c2ncc(-n4c5ccccc5c5ccccc54)cc21)C3. The summed E-state index contributed by atoms with van der Waals surface area (Å²) >= 11 is 0. The van der Waals surface area contributed by atoms with Crippen molar-refractivity contribution >= 4 is 60.7 Å². The Morgan fingerprint density at radius 1 is 0.435 bits per heavy atom. The van der Waals surface area contributed by atoms with E-state index in [1.165, 1.54) is 21.9 Å². The zero-order valence-corrected chi connectivity index (χ0v) is 36.7. The van der Waals surface area contributed by atoms with Gasteiger partial charge in [-0.25, -0.2) is 0 Å². The molecule has 0 saturated carbocycles. The predicted octanol–water partition coefficient (Wildman–Crippen LogP) is 14.5. The molecule has 1 spiro atoms. The Hall–Kier alpha value is -9.45. The smallest absolute Gasteiger partial charge is 0.151 e.